The topological polar surface area (TPSA) is 82.1 Å². The Morgan fingerprint density at radius 3 is 2.75 bits per heavy atom. The quantitative estimate of drug-likeness (QED) is 0.307. The van der Waals surface area contributed by atoms with E-state index in [1.807, 2.05) is 6.92 Å². The van der Waals surface area contributed by atoms with Crippen molar-refractivity contribution in [3.63, 3.8) is 0 Å². The number of ether oxygens (including phenoxy) is 3. The van der Waals surface area contributed by atoms with Gasteiger partial charge in [0.25, 0.3) is 0 Å². The molecule has 1 N–H and O–H groups in total. The van der Waals surface area contributed by atoms with Crippen LogP contribution in [-0.4, -0.2) is 54.5 Å². The molecule has 198 valence electrons. The molecule has 0 amide bonds. The van der Waals surface area contributed by atoms with Crippen molar-refractivity contribution in [1.29, 1.82) is 0 Å². The van der Waals surface area contributed by atoms with E-state index in [1.165, 1.54) is 0 Å². The van der Waals surface area contributed by atoms with E-state index < -0.39 is 28.5 Å². The highest BCUT2D eigenvalue weighted by molar-refractivity contribution is 6.21. The van der Waals surface area contributed by atoms with Crippen molar-refractivity contribution in [3.05, 3.63) is 23.8 Å². The second-order valence-corrected chi connectivity index (χ2v) is 13.5. The molecule has 4 aliphatic carbocycles. The molecule has 12 atom stereocenters. The highest BCUT2D eigenvalue weighted by Gasteiger charge is 2.84. The van der Waals surface area contributed by atoms with E-state index in [9.17, 15) is 14.7 Å². The van der Waals surface area contributed by atoms with Crippen LogP contribution in [0.3, 0.4) is 0 Å². The van der Waals surface area contributed by atoms with Crippen LogP contribution in [0, 0.1) is 51.8 Å². The van der Waals surface area contributed by atoms with Gasteiger partial charge in [0, 0.05) is 23.1 Å². The number of carbonyl (C=O) groups excluding carboxylic acids is 1. The summed E-state index contributed by atoms with van der Waals surface area (Å²) in [4.78, 5) is 26.8. The van der Waals surface area contributed by atoms with Gasteiger partial charge in [-0.05, 0) is 61.3 Å². The predicted octanol–water partition coefficient (Wildman–Crippen LogP) is 4.85. The normalized spacial score (nSPS) is 52.9. The number of rotatable bonds is 6. The second-order valence-electron chi connectivity index (χ2n) is 12.9. The zero-order valence-corrected chi connectivity index (χ0v) is 22.5. The lowest BCUT2D eigenvalue weighted by Gasteiger charge is -2.58. The number of alkyl halides is 1. The minimum atomic E-state index is -1.27. The Kier molecular flexibility index (Phi) is 5.68. The van der Waals surface area contributed by atoms with E-state index in [0.29, 0.717) is 32.3 Å². The molecule has 36 heavy (non-hydrogen) atoms. The number of allylic oxidation sites excluding steroid dienone is 1. The first-order valence-electron chi connectivity index (χ1n) is 13.7. The molecule has 0 spiro atoms. The molecule has 6 rings (SSSR count). The number of hydrogen-bond acceptors (Lipinski definition) is 5. The van der Waals surface area contributed by atoms with Crippen molar-refractivity contribution in [2.45, 2.75) is 77.3 Å². The average Bonchev–Trinajstić information content (AvgIpc) is 3.49. The van der Waals surface area contributed by atoms with Gasteiger partial charge in [0.1, 0.15) is 11.7 Å². The van der Waals surface area contributed by atoms with Crippen LogP contribution in [0.25, 0.3) is 0 Å². The maximum absolute atomic E-state index is 13.6. The maximum Gasteiger partial charge on any atom is 0.315 e. The zero-order chi connectivity index (χ0) is 25.8. The highest BCUT2D eigenvalue weighted by Crippen LogP contribution is 2.82. The summed E-state index contributed by atoms with van der Waals surface area (Å²) >= 11 is 6.80. The molecular formula is C29H39ClO6. The van der Waals surface area contributed by atoms with Crippen LogP contribution in [0.1, 0.15) is 53.4 Å². The van der Waals surface area contributed by atoms with Crippen LogP contribution in [-0.2, 0) is 23.8 Å². The lowest BCUT2D eigenvalue weighted by molar-refractivity contribution is -0.248. The van der Waals surface area contributed by atoms with E-state index in [4.69, 9.17) is 25.8 Å². The largest absolute Gasteiger partial charge is 0.481 e. The molecule has 0 aromatic carbocycles. The Hall–Kier alpha value is -1.21. The third kappa shape index (κ3) is 2.80. The molecule has 5 fully saturated rings. The number of fused-ring (bicyclic) bond motifs is 3. The smallest absolute Gasteiger partial charge is 0.315 e. The Balaban J connectivity index is 1.40. The van der Waals surface area contributed by atoms with Crippen molar-refractivity contribution in [1.82, 2.24) is 0 Å². The van der Waals surface area contributed by atoms with E-state index in [-0.39, 0.29) is 59.7 Å². The van der Waals surface area contributed by atoms with Crippen LogP contribution in [0.4, 0.5) is 0 Å². The average molecular weight is 519 g/mol. The van der Waals surface area contributed by atoms with Crippen molar-refractivity contribution in [3.8, 4) is 0 Å². The Morgan fingerprint density at radius 1 is 1.33 bits per heavy atom. The molecule has 2 saturated heterocycles. The third-order valence-electron chi connectivity index (χ3n) is 11.4. The van der Waals surface area contributed by atoms with Crippen molar-refractivity contribution in [2.24, 2.45) is 51.8 Å². The van der Waals surface area contributed by atoms with Crippen molar-refractivity contribution in [2.75, 3.05) is 13.2 Å². The van der Waals surface area contributed by atoms with Crippen LogP contribution in [0.2, 0.25) is 0 Å². The van der Waals surface area contributed by atoms with Gasteiger partial charge in [-0.25, -0.2) is 0 Å². The minimum absolute atomic E-state index is 0.00380. The van der Waals surface area contributed by atoms with Crippen LogP contribution >= 0.6 is 11.6 Å². The molecular weight excluding hydrogens is 480 g/mol. The Labute approximate surface area is 218 Å². The molecule has 7 unspecified atom stereocenters. The number of hydrogen-bond donors (Lipinski definition) is 1. The number of aliphatic carboxylic acids is 1. The van der Waals surface area contributed by atoms with E-state index in [1.54, 1.807) is 0 Å². The molecule has 2 aliphatic heterocycles. The maximum atomic E-state index is 13.6. The van der Waals surface area contributed by atoms with Gasteiger partial charge < -0.3 is 24.1 Å². The fourth-order valence-corrected chi connectivity index (χ4v) is 10.3. The van der Waals surface area contributed by atoms with E-state index >= 15 is 0 Å². The molecule has 0 radical (unpaired) electrons. The lowest BCUT2D eigenvalue weighted by atomic mass is 9.43. The first-order chi connectivity index (χ1) is 17.0. The van der Waals surface area contributed by atoms with Crippen molar-refractivity contribution >= 4 is 23.9 Å². The van der Waals surface area contributed by atoms with Gasteiger partial charge in [0.15, 0.2) is 6.29 Å². The van der Waals surface area contributed by atoms with Gasteiger partial charge in [0.05, 0.1) is 30.8 Å². The van der Waals surface area contributed by atoms with Gasteiger partial charge in [0.2, 0.25) is 0 Å². The number of halogens is 1. The minimum Gasteiger partial charge on any atom is -0.481 e. The number of aldehydes is 1. The fourth-order valence-electron chi connectivity index (χ4n) is 9.92. The van der Waals surface area contributed by atoms with Crippen LogP contribution in [0.5, 0.6) is 0 Å². The second kappa shape index (κ2) is 8.14. The first-order valence-corrected chi connectivity index (χ1v) is 14.1. The third-order valence-corrected chi connectivity index (χ3v) is 11.9. The standard InChI is InChI=1S/C29H39ClO6/c1-14(2)21-6-18-9-27(12-31)22-8-23(30)16(4)20(22)10-28(18,29(21,27)26(32)33)13-35-24-7-19-15(3)11-34-25(19)17(5)36-24/h6,12,14,16-20,22-25H,3,7-11,13H2,1-2,4-5H3,(H,32,33)/t16-,17?,18-,19?,20?,22?,23+,24?,25?,27-,28?,29+/m0/s1. The van der Waals surface area contributed by atoms with Crippen LogP contribution < -0.4 is 0 Å². The SMILES string of the molecule is C=C1COC2C(C)OC(OCC34CC5C(C[C@@H](Cl)[C@H]5C)[C@@]5(C=O)C[C@@H]3C=C(C(C)C)[C@]45C(=O)O)CC12. The number of carbonyl (C=O) groups is 2. The van der Waals surface area contributed by atoms with Gasteiger partial charge >= 0.3 is 5.97 Å². The molecule has 7 heteroatoms. The molecule has 6 aliphatic rings. The monoisotopic (exact) mass is 518 g/mol. The summed E-state index contributed by atoms with van der Waals surface area (Å²) in [6, 6.07) is 0. The summed E-state index contributed by atoms with van der Waals surface area (Å²) in [6.07, 6.45) is 5.27. The number of carboxylic acids is 1. The summed E-state index contributed by atoms with van der Waals surface area (Å²) in [5, 5.41) is 11.1. The summed E-state index contributed by atoms with van der Waals surface area (Å²) in [5.74, 6) is -0.262. The fraction of sp³-hybridized carbons (Fsp3) is 0.793. The van der Waals surface area contributed by atoms with E-state index in [0.717, 1.165) is 17.4 Å². The first kappa shape index (κ1) is 25.1. The molecule has 6 nitrogen and oxygen atoms in total. The summed E-state index contributed by atoms with van der Waals surface area (Å²) in [6.45, 7) is 13.3. The molecule has 4 bridgehead atoms. The summed E-state index contributed by atoms with van der Waals surface area (Å²) in [7, 11) is 0. The summed E-state index contributed by atoms with van der Waals surface area (Å²) in [5.41, 5.74) is -0.946. The van der Waals surface area contributed by atoms with E-state index in [2.05, 4.69) is 33.4 Å². The van der Waals surface area contributed by atoms with Crippen LogP contribution in [0.15, 0.2) is 23.8 Å². The highest BCUT2D eigenvalue weighted by atomic mass is 35.5. The Morgan fingerprint density at radius 2 is 2.08 bits per heavy atom. The van der Waals surface area contributed by atoms with Crippen molar-refractivity contribution < 1.29 is 28.9 Å². The predicted molar refractivity (Wildman–Crippen MR) is 134 cm³/mol. The zero-order valence-electron chi connectivity index (χ0n) is 21.7. The number of carboxylic acid groups (broad SMARTS) is 1. The Bertz CT molecular complexity index is 1020. The molecule has 0 aromatic heterocycles. The van der Waals surface area contributed by atoms with Gasteiger partial charge in [-0.15, -0.1) is 11.6 Å². The molecule has 0 aromatic rings. The summed E-state index contributed by atoms with van der Waals surface area (Å²) < 4.78 is 18.7. The molecule has 3 saturated carbocycles. The van der Waals surface area contributed by atoms with Gasteiger partial charge in [-0.3, -0.25) is 4.79 Å². The lowest BCUT2D eigenvalue weighted by Crippen LogP contribution is -2.63. The van der Waals surface area contributed by atoms with Gasteiger partial charge in [-0.2, -0.15) is 0 Å². The molecule has 2 heterocycles. The van der Waals surface area contributed by atoms with Gasteiger partial charge in [-0.1, -0.05) is 39.0 Å².